The molecule has 1 heterocycles. The molecule has 0 saturated heterocycles. The Morgan fingerprint density at radius 1 is 1.24 bits per heavy atom. The minimum Gasteiger partial charge on any atom is -0.382 e. The zero-order valence-electron chi connectivity index (χ0n) is 11.9. The van der Waals surface area contributed by atoms with Gasteiger partial charge >= 0.3 is 7.82 Å². The summed E-state index contributed by atoms with van der Waals surface area (Å²) in [4.78, 5) is 39.4. The number of primary amides is 1. The zero-order valence-corrected chi connectivity index (χ0v) is 12.8. The van der Waals surface area contributed by atoms with Gasteiger partial charge in [-0.25, -0.2) is 9.55 Å². The van der Waals surface area contributed by atoms with Crippen molar-refractivity contribution < 1.29 is 24.0 Å². The highest BCUT2D eigenvalue weighted by atomic mass is 31.2. The van der Waals surface area contributed by atoms with Crippen LogP contribution in [0, 0.1) is 0 Å². The van der Waals surface area contributed by atoms with Gasteiger partial charge in [-0.3, -0.25) is 4.79 Å². The van der Waals surface area contributed by atoms with Gasteiger partial charge in [0.25, 0.3) is 5.91 Å². The molecule has 1 rings (SSSR count). The number of carbonyl (C=O) groups is 1. The number of amides is 1. The lowest BCUT2D eigenvalue weighted by atomic mass is 10.1. The number of imidazole rings is 1. The van der Waals surface area contributed by atoms with Crippen molar-refractivity contribution in [1.82, 2.24) is 9.97 Å². The predicted octanol–water partition coefficient (Wildman–Crippen LogP) is 0.675. The summed E-state index contributed by atoms with van der Waals surface area (Å²) in [6, 6.07) is 0. The van der Waals surface area contributed by atoms with Crippen LogP contribution in [0.3, 0.4) is 0 Å². The van der Waals surface area contributed by atoms with E-state index in [1.54, 1.807) is 0 Å². The van der Waals surface area contributed by atoms with E-state index in [-0.39, 0.29) is 11.5 Å². The normalized spacial score (nSPS) is 10.9. The number of aromatic amines is 1. The summed E-state index contributed by atoms with van der Waals surface area (Å²) >= 11 is 0. The summed E-state index contributed by atoms with van der Waals surface area (Å²) in [7, 11) is -4.64. The van der Waals surface area contributed by atoms with E-state index in [9.17, 15) is 4.79 Å². The van der Waals surface area contributed by atoms with Crippen molar-refractivity contribution in [3.05, 3.63) is 11.5 Å². The van der Waals surface area contributed by atoms with Gasteiger partial charge in [0.15, 0.2) is 5.82 Å². The first kappa shape index (κ1) is 19.6. The molecule has 0 atom stereocenters. The number of nitrogens with one attached hydrogen (secondary N) is 1. The van der Waals surface area contributed by atoms with Crippen molar-refractivity contribution in [2.75, 3.05) is 5.73 Å². The van der Waals surface area contributed by atoms with E-state index in [0.29, 0.717) is 0 Å². The molecule has 1 amide bonds. The van der Waals surface area contributed by atoms with Gasteiger partial charge in [0.2, 0.25) is 0 Å². The van der Waals surface area contributed by atoms with Gasteiger partial charge in [0.1, 0.15) is 11.5 Å². The fourth-order valence-electron chi connectivity index (χ4n) is 1.64. The van der Waals surface area contributed by atoms with E-state index in [1.165, 1.54) is 25.7 Å². The van der Waals surface area contributed by atoms with Crippen molar-refractivity contribution >= 4 is 19.5 Å². The van der Waals surface area contributed by atoms with Crippen LogP contribution in [0.25, 0.3) is 0 Å². The van der Waals surface area contributed by atoms with Crippen LogP contribution < -0.4 is 11.5 Å². The quantitative estimate of drug-likeness (QED) is 0.316. The minimum atomic E-state index is -4.64. The Hall–Kier alpha value is -1.41. The van der Waals surface area contributed by atoms with Gasteiger partial charge < -0.3 is 31.1 Å². The number of hydrogen-bond donors (Lipinski definition) is 6. The lowest BCUT2D eigenvalue weighted by Gasteiger charge is -1.97. The van der Waals surface area contributed by atoms with Crippen LogP contribution in [-0.4, -0.2) is 30.6 Å². The third kappa shape index (κ3) is 11.0. The van der Waals surface area contributed by atoms with Crippen molar-refractivity contribution in [2.24, 2.45) is 5.73 Å². The fraction of sp³-hybridized carbons (Fsp3) is 0.636. The number of H-pyrrole nitrogens is 1. The molecule has 0 radical (unpaired) electrons. The number of nitrogens with two attached hydrogens (primary N) is 2. The Kier molecular flexibility index (Phi) is 8.87. The Labute approximate surface area is 123 Å². The summed E-state index contributed by atoms with van der Waals surface area (Å²) in [6.07, 6.45) is 6.81. The third-order valence-electron chi connectivity index (χ3n) is 2.54. The number of phosphoric acid groups is 1. The fourth-order valence-corrected chi connectivity index (χ4v) is 1.64. The SMILES string of the molecule is CCCCCCCc1nc(N)c(C(N)=O)[nH]1.O=P(O)(O)O. The molecule has 21 heavy (non-hydrogen) atoms. The molecule has 0 aliphatic rings. The molecule has 0 aromatic carbocycles. The van der Waals surface area contributed by atoms with Gasteiger partial charge in [0.05, 0.1) is 0 Å². The second kappa shape index (κ2) is 9.51. The average Bonchev–Trinajstić information content (AvgIpc) is 2.68. The number of nitrogens with zero attached hydrogens (tertiary/aromatic N) is 1. The van der Waals surface area contributed by atoms with E-state index in [1.807, 2.05) is 0 Å². The summed E-state index contributed by atoms with van der Waals surface area (Å²) in [5, 5.41) is 0. The highest BCUT2D eigenvalue weighted by molar-refractivity contribution is 7.45. The number of aromatic nitrogens is 2. The molecule has 0 saturated carbocycles. The monoisotopic (exact) mass is 322 g/mol. The minimum absolute atomic E-state index is 0.205. The van der Waals surface area contributed by atoms with E-state index < -0.39 is 13.7 Å². The van der Waals surface area contributed by atoms with E-state index >= 15 is 0 Å². The molecule has 0 spiro atoms. The van der Waals surface area contributed by atoms with Gasteiger partial charge in [-0.05, 0) is 6.42 Å². The molecule has 0 aliphatic heterocycles. The van der Waals surface area contributed by atoms with Crippen molar-refractivity contribution in [3.8, 4) is 0 Å². The molecule has 122 valence electrons. The molecule has 0 unspecified atom stereocenters. The summed E-state index contributed by atoms with van der Waals surface area (Å²) in [6.45, 7) is 2.19. The summed E-state index contributed by atoms with van der Waals surface area (Å²) in [5.41, 5.74) is 10.9. The Morgan fingerprint density at radius 3 is 2.19 bits per heavy atom. The second-order valence-electron chi connectivity index (χ2n) is 4.49. The lowest BCUT2D eigenvalue weighted by molar-refractivity contribution is 0.0996. The smallest absolute Gasteiger partial charge is 0.382 e. The Morgan fingerprint density at radius 2 is 1.76 bits per heavy atom. The first-order chi connectivity index (χ1) is 9.65. The van der Waals surface area contributed by atoms with Crippen molar-refractivity contribution in [1.29, 1.82) is 0 Å². The molecule has 0 bridgehead atoms. The Bertz CT molecular complexity index is 477. The standard InChI is InChI=1S/C11H20N4O.H3O4P/c1-2-3-4-5-6-7-8-14-9(11(13)16)10(12)15-8;1-5(2,3)4/h2-7,12H2,1H3,(H2,13,16)(H,14,15);(H3,1,2,3,4). The highest BCUT2D eigenvalue weighted by Gasteiger charge is 2.11. The maximum atomic E-state index is 10.9. The number of rotatable bonds is 7. The van der Waals surface area contributed by atoms with Gasteiger partial charge in [-0.1, -0.05) is 32.6 Å². The molecule has 0 fully saturated rings. The zero-order chi connectivity index (χ0) is 16.5. The van der Waals surface area contributed by atoms with Crippen LogP contribution >= 0.6 is 7.82 Å². The van der Waals surface area contributed by atoms with Gasteiger partial charge in [-0.15, -0.1) is 0 Å². The largest absolute Gasteiger partial charge is 0.466 e. The van der Waals surface area contributed by atoms with Crippen LogP contribution in [0.2, 0.25) is 0 Å². The van der Waals surface area contributed by atoms with Gasteiger partial charge in [-0.2, -0.15) is 0 Å². The van der Waals surface area contributed by atoms with Gasteiger partial charge in [0, 0.05) is 6.42 Å². The molecular weight excluding hydrogens is 299 g/mol. The first-order valence-corrected chi connectivity index (χ1v) is 8.14. The lowest BCUT2D eigenvalue weighted by Crippen LogP contribution is -2.13. The van der Waals surface area contributed by atoms with Crippen molar-refractivity contribution in [3.63, 3.8) is 0 Å². The number of unbranched alkanes of at least 4 members (excludes halogenated alkanes) is 4. The predicted molar refractivity (Wildman–Crippen MR) is 78.2 cm³/mol. The maximum absolute atomic E-state index is 10.9. The Balaban J connectivity index is 0.000000690. The molecule has 1 aromatic heterocycles. The van der Waals surface area contributed by atoms with E-state index in [2.05, 4.69) is 16.9 Å². The van der Waals surface area contributed by atoms with E-state index in [4.69, 9.17) is 30.7 Å². The topological polar surface area (TPSA) is 176 Å². The van der Waals surface area contributed by atoms with Crippen LogP contribution in [0.15, 0.2) is 0 Å². The maximum Gasteiger partial charge on any atom is 0.466 e. The highest BCUT2D eigenvalue weighted by Crippen LogP contribution is 2.25. The number of hydrogen-bond acceptors (Lipinski definition) is 4. The summed E-state index contributed by atoms with van der Waals surface area (Å²) < 4.78 is 8.88. The first-order valence-electron chi connectivity index (χ1n) is 6.57. The number of aryl methyl sites for hydroxylation is 1. The second-order valence-corrected chi connectivity index (χ2v) is 5.51. The average molecular weight is 322 g/mol. The molecular formula is C11H23N4O5P. The number of anilines is 1. The van der Waals surface area contributed by atoms with Crippen LogP contribution in [0.5, 0.6) is 0 Å². The van der Waals surface area contributed by atoms with Crippen LogP contribution in [0.1, 0.15) is 55.3 Å². The van der Waals surface area contributed by atoms with Crippen LogP contribution in [0.4, 0.5) is 5.82 Å². The number of nitrogen functional groups attached to an aromatic ring is 1. The molecule has 8 N–H and O–H groups in total. The van der Waals surface area contributed by atoms with E-state index in [0.717, 1.165) is 18.7 Å². The molecule has 0 aliphatic carbocycles. The number of carbonyl (C=O) groups excluding carboxylic acids is 1. The molecule has 9 nitrogen and oxygen atoms in total. The van der Waals surface area contributed by atoms with Crippen molar-refractivity contribution in [2.45, 2.75) is 45.4 Å². The molecule has 1 aromatic rings. The third-order valence-corrected chi connectivity index (χ3v) is 2.54. The summed E-state index contributed by atoms with van der Waals surface area (Å²) in [5.74, 6) is 0.404. The van der Waals surface area contributed by atoms with Crippen LogP contribution in [-0.2, 0) is 11.0 Å². The molecule has 10 heteroatoms.